The lowest BCUT2D eigenvalue weighted by atomic mass is 9.75. The van der Waals surface area contributed by atoms with E-state index in [0.29, 0.717) is 117 Å². The molecular weight excluding hydrogens is 1210 g/mol. The molecule has 0 N–H and O–H groups in total. The van der Waals surface area contributed by atoms with Crippen LogP contribution in [0.25, 0.3) is 0 Å². The highest BCUT2D eigenvalue weighted by molar-refractivity contribution is 4.92. The van der Waals surface area contributed by atoms with Crippen LogP contribution < -0.4 is 0 Å². The van der Waals surface area contributed by atoms with Crippen LogP contribution in [0.5, 0.6) is 0 Å². The molecule has 0 aliphatic rings. The zero-order valence-corrected chi connectivity index (χ0v) is 81.6. The van der Waals surface area contributed by atoms with Crippen molar-refractivity contribution in [3.05, 3.63) is 0 Å². The lowest BCUT2D eigenvalue weighted by molar-refractivity contribution is 0.0210. The third kappa shape index (κ3) is 63.4. The normalized spacial score (nSPS) is 13.9. The molecule has 0 aliphatic heterocycles. The first-order valence-electron chi connectivity index (χ1n) is 40.6. The molecule has 10 nitrogen and oxygen atoms in total. The van der Waals surface area contributed by atoms with Crippen LogP contribution in [-0.2, 0) is 0 Å². The van der Waals surface area contributed by atoms with Gasteiger partial charge in [0, 0.05) is 120 Å². The SMILES string of the molecule is CC(C)C(C)N(C)C(C)C.CC(C)CN(C)C(C)C.CC(C)N(C)C(C)(C)C.CC(C)N(C)C(C)(C)C(C)(C)C.CC(C)N(C)C(C)(C)C(C)C.CC(C)N(C)C(C)C.CC(C)N(C)C(C)C(C)(C)C.CC(C)N(C)CC(C)(C)C.CCC(C)(C)N(C)C(C)C.CCC(C)N(C)C(C)C. The van der Waals surface area contributed by atoms with Crippen LogP contribution in [0.2, 0.25) is 0 Å². The van der Waals surface area contributed by atoms with Crippen molar-refractivity contribution in [3.8, 4) is 0 Å². The molecule has 0 aromatic carbocycles. The zero-order chi connectivity index (χ0) is 82.9. The highest BCUT2D eigenvalue weighted by Crippen LogP contribution is 2.35. The van der Waals surface area contributed by atoms with E-state index in [9.17, 15) is 0 Å². The summed E-state index contributed by atoms with van der Waals surface area (Å²) in [6.45, 7) is 117. The number of hydrogen-bond donors (Lipinski definition) is 0. The van der Waals surface area contributed by atoms with Crippen LogP contribution in [0.4, 0.5) is 0 Å². The van der Waals surface area contributed by atoms with E-state index >= 15 is 0 Å². The summed E-state index contributed by atoms with van der Waals surface area (Å²) in [5.74, 6) is 2.25. The summed E-state index contributed by atoms with van der Waals surface area (Å²) in [7, 11) is 21.8. The summed E-state index contributed by atoms with van der Waals surface area (Å²) in [6.07, 6.45) is 2.45. The molecule has 10 heteroatoms. The van der Waals surface area contributed by atoms with E-state index in [1.807, 2.05) is 0 Å². The van der Waals surface area contributed by atoms with Crippen LogP contribution in [0, 0.1) is 34.0 Å². The van der Waals surface area contributed by atoms with E-state index in [1.165, 1.54) is 25.9 Å². The van der Waals surface area contributed by atoms with Gasteiger partial charge in [-0.25, -0.2) is 0 Å². The van der Waals surface area contributed by atoms with Crippen molar-refractivity contribution in [2.75, 3.05) is 83.6 Å². The van der Waals surface area contributed by atoms with Crippen LogP contribution in [0.1, 0.15) is 366 Å². The molecule has 0 saturated heterocycles. The molecule has 0 amide bonds. The molecule has 0 bridgehead atoms. The van der Waals surface area contributed by atoms with Crippen molar-refractivity contribution >= 4 is 0 Å². The second kappa shape index (κ2) is 56.8. The number of rotatable bonds is 24. The Hall–Kier alpha value is -0.400. The predicted octanol–water partition coefficient (Wildman–Crippen LogP) is 23.9. The fourth-order valence-corrected chi connectivity index (χ4v) is 9.08. The van der Waals surface area contributed by atoms with Crippen LogP contribution >= 0.6 is 0 Å². The summed E-state index contributed by atoms with van der Waals surface area (Å²) >= 11 is 0. The summed E-state index contributed by atoms with van der Waals surface area (Å²) in [4.78, 5) is 23.9. The maximum Gasteiger partial charge on any atom is 0.0201 e. The molecular formula is C89H208N10. The van der Waals surface area contributed by atoms with Crippen molar-refractivity contribution in [2.24, 2.45) is 34.0 Å². The minimum Gasteiger partial charge on any atom is -0.304 e. The predicted molar refractivity (Wildman–Crippen MR) is 468 cm³/mol. The van der Waals surface area contributed by atoms with Gasteiger partial charge in [0.2, 0.25) is 0 Å². The monoisotopic (exact) mass is 1420 g/mol. The Bertz CT molecular complexity index is 1720. The Morgan fingerprint density at radius 3 is 0.687 bits per heavy atom. The fraction of sp³-hybridized carbons (Fsp3) is 1.00. The van der Waals surface area contributed by atoms with Gasteiger partial charge in [0.1, 0.15) is 0 Å². The average Bonchev–Trinajstić information content (AvgIpc) is 0.815. The molecule has 0 spiro atoms. The first kappa shape index (κ1) is 120. The van der Waals surface area contributed by atoms with Gasteiger partial charge in [0.05, 0.1) is 0 Å². The average molecular weight is 1420 g/mol. The van der Waals surface area contributed by atoms with Crippen molar-refractivity contribution in [1.82, 2.24) is 49.0 Å². The van der Waals surface area contributed by atoms with Crippen molar-refractivity contribution in [2.45, 2.75) is 473 Å². The number of hydrogen-bond acceptors (Lipinski definition) is 10. The van der Waals surface area contributed by atoms with Crippen LogP contribution in [-0.4, -0.2) is 239 Å². The van der Waals surface area contributed by atoms with E-state index in [1.54, 1.807) is 0 Å². The summed E-state index contributed by atoms with van der Waals surface area (Å²) in [5.41, 5.74) is 2.38. The third-order valence-corrected chi connectivity index (χ3v) is 23.0. The molecule has 3 atom stereocenters. The van der Waals surface area contributed by atoms with E-state index in [0.717, 1.165) is 17.9 Å². The molecule has 99 heavy (non-hydrogen) atoms. The summed E-state index contributed by atoms with van der Waals surface area (Å²) < 4.78 is 0. The molecule has 0 aliphatic carbocycles. The molecule has 0 rings (SSSR count). The van der Waals surface area contributed by atoms with Gasteiger partial charge in [0.15, 0.2) is 0 Å². The fourth-order valence-electron chi connectivity index (χ4n) is 9.08. The maximum absolute atomic E-state index is 2.44. The lowest BCUT2D eigenvalue weighted by Gasteiger charge is -2.48. The minimum atomic E-state index is 0.251. The van der Waals surface area contributed by atoms with Crippen molar-refractivity contribution < 1.29 is 0 Å². The second-order valence-electron chi connectivity index (χ2n) is 40.2. The maximum atomic E-state index is 2.44. The molecule has 0 radical (unpaired) electrons. The Labute approximate surface area is 636 Å². The summed E-state index contributed by atoms with van der Waals surface area (Å²) in [6, 6.07) is 9.29. The molecule has 3 unspecified atom stereocenters. The lowest BCUT2D eigenvalue weighted by Crippen LogP contribution is -2.53. The van der Waals surface area contributed by atoms with Gasteiger partial charge >= 0.3 is 0 Å². The largest absolute Gasteiger partial charge is 0.304 e. The second-order valence-corrected chi connectivity index (χ2v) is 40.2. The molecule has 0 aromatic heterocycles. The van der Waals surface area contributed by atoms with Crippen LogP contribution in [0.3, 0.4) is 0 Å². The van der Waals surface area contributed by atoms with E-state index < -0.39 is 0 Å². The first-order valence-corrected chi connectivity index (χ1v) is 40.6. The molecule has 0 heterocycles. The standard InChI is InChI=1S/C11H25N.2C10H23N.3C9H21N.3C8H19N.C7H17N/c1-9(2)12(8)11(6,7)10(3,4)5;1-8(2)11(7)9(3)10(4,5)6;1-8(2)10(5,6)11(7)9(3)4;1-8(2)10(6)7-9(3,4)5;1-7-9(4,5)10(6)8(2)3;1-7(2)9(5)10(6)8(3)4;1-7(2)9(6)8(3,4)5;1-7(2)6-9(5)8(3)4;1-6-8(4)9(5)7(2)3;1-6(2)8(5)7(3)4/h9H,1-8H3;2*8-9H,1-7H3;2*8H,7H2,1-6H3;7-9H,1-6H3;7H,1-6H3;2*7-8H,6H2,1-5H3;6-7H,1-5H3. The van der Waals surface area contributed by atoms with E-state index in [-0.39, 0.29) is 5.54 Å². The Balaban J connectivity index is -0.000000111. The molecule has 614 valence electrons. The van der Waals surface area contributed by atoms with Gasteiger partial charge in [-0.3, -0.25) is 19.6 Å². The number of nitrogens with zero attached hydrogens (tertiary/aromatic N) is 10. The van der Waals surface area contributed by atoms with Crippen molar-refractivity contribution in [3.63, 3.8) is 0 Å². The quantitative estimate of drug-likeness (QED) is 0.0932. The van der Waals surface area contributed by atoms with Crippen LogP contribution in [0.15, 0.2) is 0 Å². The minimum absolute atomic E-state index is 0.251. The van der Waals surface area contributed by atoms with Gasteiger partial charge in [-0.15, -0.1) is 0 Å². The highest BCUT2D eigenvalue weighted by atomic mass is 15.2. The van der Waals surface area contributed by atoms with E-state index in [4.69, 9.17) is 0 Å². The van der Waals surface area contributed by atoms with Gasteiger partial charge < -0.3 is 29.4 Å². The van der Waals surface area contributed by atoms with Gasteiger partial charge in [-0.1, -0.05) is 118 Å². The van der Waals surface area contributed by atoms with Crippen molar-refractivity contribution in [1.29, 1.82) is 0 Å². The third-order valence-electron chi connectivity index (χ3n) is 23.0. The van der Waals surface area contributed by atoms with Gasteiger partial charge in [-0.05, 0) is 353 Å². The Morgan fingerprint density at radius 1 is 0.303 bits per heavy atom. The molecule has 0 saturated carbocycles. The molecule has 0 fully saturated rings. The zero-order valence-electron chi connectivity index (χ0n) is 81.6. The molecule has 0 aromatic rings. The topological polar surface area (TPSA) is 32.4 Å². The summed E-state index contributed by atoms with van der Waals surface area (Å²) in [5, 5.41) is 0. The Morgan fingerprint density at radius 2 is 0.606 bits per heavy atom. The van der Waals surface area contributed by atoms with E-state index in [2.05, 4.69) is 473 Å². The Kier molecular flexibility index (Phi) is 68.7. The van der Waals surface area contributed by atoms with Gasteiger partial charge in [-0.2, -0.15) is 0 Å². The highest BCUT2D eigenvalue weighted by Gasteiger charge is 2.37. The van der Waals surface area contributed by atoms with Gasteiger partial charge in [0.25, 0.3) is 0 Å². The smallest absolute Gasteiger partial charge is 0.0201 e. The first-order chi connectivity index (χ1) is 43.4.